The van der Waals surface area contributed by atoms with Crippen LogP contribution in [0, 0.1) is 0 Å². The lowest BCUT2D eigenvalue weighted by atomic mass is 9.89. The molecule has 2 N–H and O–H groups in total. The molecule has 0 atom stereocenters. The summed E-state index contributed by atoms with van der Waals surface area (Å²) in [5.41, 5.74) is 1.52. The van der Waals surface area contributed by atoms with Crippen molar-refractivity contribution in [3.05, 3.63) is 36.1 Å². The summed E-state index contributed by atoms with van der Waals surface area (Å²) in [6, 6.07) is 8.00. The molecule has 3 heteroatoms. The van der Waals surface area contributed by atoms with Gasteiger partial charge in [0, 0.05) is 24.9 Å². The van der Waals surface area contributed by atoms with Gasteiger partial charge in [-0.3, -0.25) is 0 Å². The molecule has 0 radical (unpaired) electrons. The van der Waals surface area contributed by atoms with Gasteiger partial charge in [0.1, 0.15) is 5.58 Å². The Kier molecular flexibility index (Phi) is 1.84. The van der Waals surface area contributed by atoms with Gasteiger partial charge in [-0.1, -0.05) is 6.07 Å². The van der Waals surface area contributed by atoms with Gasteiger partial charge in [0.2, 0.25) is 0 Å². The molecule has 0 spiro atoms. The van der Waals surface area contributed by atoms with Gasteiger partial charge in [-0.15, -0.1) is 0 Å². The highest BCUT2D eigenvalue weighted by molar-refractivity contribution is 5.77. The Morgan fingerprint density at radius 1 is 1.33 bits per heavy atom. The Labute approximate surface area is 87.7 Å². The Bertz CT molecular complexity index is 485. The smallest absolute Gasteiger partial charge is 0.133 e. The lowest BCUT2D eigenvalue weighted by Gasteiger charge is -2.37. The van der Waals surface area contributed by atoms with Crippen LogP contribution in [0.25, 0.3) is 11.0 Å². The molecule has 1 fully saturated rings. The predicted octanol–water partition coefficient (Wildman–Crippen LogP) is 1.31. The van der Waals surface area contributed by atoms with E-state index >= 15 is 0 Å². The van der Waals surface area contributed by atoms with E-state index in [1.54, 1.807) is 6.26 Å². The maximum Gasteiger partial charge on any atom is 0.133 e. The molecule has 0 unspecified atom stereocenters. The summed E-state index contributed by atoms with van der Waals surface area (Å²) in [4.78, 5) is 0. The molecule has 1 aliphatic rings. The highest BCUT2D eigenvalue weighted by atomic mass is 16.3. The fraction of sp³-hybridized carbons (Fsp3) is 0.333. The number of β-amino-alcohol motifs (C(OH)–C–C–N with tert-alkyl or cyclic N) is 1. The zero-order valence-corrected chi connectivity index (χ0v) is 8.36. The molecule has 3 rings (SSSR count). The number of nitrogens with one attached hydrogen (secondary N) is 1. The molecule has 1 saturated heterocycles. The third kappa shape index (κ3) is 1.54. The van der Waals surface area contributed by atoms with Crippen LogP contribution in [0.3, 0.4) is 0 Å². The van der Waals surface area contributed by atoms with Crippen LogP contribution < -0.4 is 5.32 Å². The number of fused-ring (bicyclic) bond motifs is 1. The molecule has 0 bridgehead atoms. The highest BCUT2D eigenvalue weighted by Crippen LogP contribution is 2.22. The molecule has 1 aromatic heterocycles. The molecule has 3 nitrogen and oxygen atoms in total. The van der Waals surface area contributed by atoms with Gasteiger partial charge >= 0.3 is 0 Å². The van der Waals surface area contributed by atoms with E-state index in [1.807, 2.05) is 18.2 Å². The van der Waals surface area contributed by atoms with Crippen molar-refractivity contribution < 1.29 is 9.52 Å². The normalized spacial score (nSPS) is 19.0. The van der Waals surface area contributed by atoms with Gasteiger partial charge in [-0.2, -0.15) is 0 Å². The van der Waals surface area contributed by atoms with E-state index in [1.165, 1.54) is 0 Å². The predicted molar refractivity (Wildman–Crippen MR) is 57.7 cm³/mol. The molecule has 0 aliphatic carbocycles. The van der Waals surface area contributed by atoms with Gasteiger partial charge < -0.3 is 14.8 Å². The standard InChI is InChI=1S/C12H13NO2/c14-12(7-13-8-12)6-9-1-2-11-10(5-9)3-4-15-11/h1-5,13-14H,6-8H2. The van der Waals surface area contributed by atoms with Crippen molar-refractivity contribution in [2.24, 2.45) is 0 Å². The van der Waals surface area contributed by atoms with E-state index < -0.39 is 5.60 Å². The average Bonchev–Trinajstić information content (AvgIpc) is 2.62. The van der Waals surface area contributed by atoms with Crippen molar-refractivity contribution in [3.63, 3.8) is 0 Å². The first kappa shape index (κ1) is 8.95. The van der Waals surface area contributed by atoms with Crippen LogP contribution in [0.15, 0.2) is 34.9 Å². The van der Waals surface area contributed by atoms with Crippen LogP contribution in [-0.4, -0.2) is 23.8 Å². The molecule has 1 aromatic carbocycles. The Morgan fingerprint density at radius 3 is 2.93 bits per heavy atom. The number of benzene rings is 1. The zero-order valence-electron chi connectivity index (χ0n) is 8.36. The first-order valence-electron chi connectivity index (χ1n) is 5.14. The maximum atomic E-state index is 10.0. The van der Waals surface area contributed by atoms with Gasteiger partial charge in [0.15, 0.2) is 0 Å². The van der Waals surface area contributed by atoms with E-state index in [4.69, 9.17) is 4.42 Å². The molecular formula is C12H13NO2. The lowest BCUT2D eigenvalue weighted by Crippen LogP contribution is -2.60. The summed E-state index contributed by atoms with van der Waals surface area (Å²) in [5.74, 6) is 0. The summed E-state index contributed by atoms with van der Waals surface area (Å²) in [7, 11) is 0. The van der Waals surface area contributed by atoms with Crippen LogP contribution in [0.2, 0.25) is 0 Å². The van der Waals surface area contributed by atoms with Crippen LogP contribution >= 0.6 is 0 Å². The van der Waals surface area contributed by atoms with Crippen molar-refractivity contribution >= 4 is 11.0 Å². The topological polar surface area (TPSA) is 45.4 Å². The third-order valence-corrected chi connectivity index (χ3v) is 2.96. The lowest BCUT2D eigenvalue weighted by molar-refractivity contribution is -0.00899. The summed E-state index contributed by atoms with van der Waals surface area (Å²) in [6.07, 6.45) is 2.40. The number of hydrogen-bond acceptors (Lipinski definition) is 3. The minimum atomic E-state index is -0.544. The average molecular weight is 203 g/mol. The van der Waals surface area contributed by atoms with Crippen LogP contribution in [0.5, 0.6) is 0 Å². The van der Waals surface area contributed by atoms with Gasteiger partial charge in [-0.25, -0.2) is 0 Å². The van der Waals surface area contributed by atoms with E-state index in [0.29, 0.717) is 19.5 Å². The van der Waals surface area contributed by atoms with Crippen molar-refractivity contribution in [1.29, 1.82) is 0 Å². The Balaban J connectivity index is 1.90. The van der Waals surface area contributed by atoms with E-state index in [9.17, 15) is 5.11 Å². The van der Waals surface area contributed by atoms with E-state index in [0.717, 1.165) is 16.5 Å². The fourth-order valence-electron chi connectivity index (χ4n) is 2.04. The SMILES string of the molecule is OC1(Cc2ccc3occc3c2)CNC1. The van der Waals surface area contributed by atoms with Crippen molar-refractivity contribution in [1.82, 2.24) is 5.32 Å². The summed E-state index contributed by atoms with van der Waals surface area (Å²) in [6.45, 7) is 1.38. The number of rotatable bonds is 2. The first-order valence-corrected chi connectivity index (χ1v) is 5.14. The first-order chi connectivity index (χ1) is 7.25. The number of aliphatic hydroxyl groups is 1. The molecule has 78 valence electrons. The summed E-state index contributed by atoms with van der Waals surface area (Å²) >= 11 is 0. The summed E-state index contributed by atoms with van der Waals surface area (Å²) < 4.78 is 5.27. The maximum absolute atomic E-state index is 10.0. The molecule has 0 amide bonds. The quantitative estimate of drug-likeness (QED) is 0.773. The highest BCUT2D eigenvalue weighted by Gasteiger charge is 2.34. The number of hydrogen-bond donors (Lipinski definition) is 2. The largest absolute Gasteiger partial charge is 0.464 e. The molecule has 15 heavy (non-hydrogen) atoms. The second-order valence-corrected chi connectivity index (χ2v) is 4.30. The fourth-order valence-corrected chi connectivity index (χ4v) is 2.04. The van der Waals surface area contributed by atoms with Crippen molar-refractivity contribution in [2.75, 3.05) is 13.1 Å². The van der Waals surface area contributed by atoms with Crippen LogP contribution in [0.4, 0.5) is 0 Å². The van der Waals surface area contributed by atoms with Crippen LogP contribution in [0.1, 0.15) is 5.56 Å². The minimum Gasteiger partial charge on any atom is -0.464 e. The number of furan rings is 1. The van der Waals surface area contributed by atoms with Crippen molar-refractivity contribution in [3.8, 4) is 0 Å². The second kappa shape index (κ2) is 3.08. The monoisotopic (exact) mass is 203 g/mol. The molecular weight excluding hydrogens is 190 g/mol. The molecule has 2 aromatic rings. The van der Waals surface area contributed by atoms with Crippen molar-refractivity contribution in [2.45, 2.75) is 12.0 Å². The molecule has 0 saturated carbocycles. The Morgan fingerprint density at radius 2 is 2.20 bits per heavy atom. The molecule has 2 heterocycles. The Hall–Kier alpha value is -1.32. The van der Waals surface area contributed by atoms with Crippen LogP contribution in [-0.2, 0) is 6.42 Å². The zero-order chi connectivity index (χ0) is 10.3. The van der Waals surface area contributed by atoms with E-state index in [-0.39, 0.29) is 0 Å². The minimum absolute atomic E-state index is 0.544. The summed E-state index contributed by atoms with van der Waals surface area (Å²) in [5, 5.41) is 14.2. The second-order valence-electron chi connectivity index (χ2n) is 4.30. The van der Waals surface area contributed by atoms with Gasteiger partial charge in [0.05, 0.1) is 11.9 Å². The van der Waals surface area contributed by atoms with Gasteiger partial charge in [-0.05, 0) is 23.8 Å². The molecule has 1 aliphatic heterocycles. The third-order valence-electron chi connectivity index (χ3n) is 2.96. The van der Waals surface area contributed by atoms with Gasteiger partial charge in [0.25, 0.3) is 0 Å². The van der Waals surface area contributed by atoms with E-state index in [2.05, 4.69) is 11.4 Å².